The van der Waals surface area contributed by atoms with Crippen molar-refractivity contribution in [2.45, 2.75) is 0 Å². The van der Waals surface area contributed by atoms with Crippen LogP contribution in [-0.2, 0) is 0 Å². The van der Waals surface area contributed by atoms with Gasteiger partial charge < -0.3 is 9.47 Å². The SMILES string of the molecule is COc1ccc(OCC(=O)c2ccc(Cl)cc2)c(Br)c1. The van der Waals surface area contributed by atoms with Crippen molar-refractivity contribution < 1.29 is 14.3 Å². The van der Waals surface area contributed by atoms with Gasteiger partial charge in [-0.15, -0.1) is 0 Å². The molecule has 0 aliphatic rings. The van der Waals surface area contributed by atoms with Gasteiger partial charge in [0.05, 0.1) is 11.6 Å². The molecule has 0 atom stereocenters. The highest BCUT2D eigenvalue weighted by Crippen LogP contribution is 2.29. The summed E-state index contributed by atoms with van der Waals surface area (Å²) in [5, 5.41) is 0.598. The molecule has 0 radical (unpaired) electrons. The number of carbonyl (C=O) groups excluding carboxylic acids is 1. The lowest BCUT2D eigenvalue weighted by Gasteiger charge is -2.09. The Morgan fingerprint density at radius 1 is 1.20 bits per heavy atom. The first-order valence-electron chi connectivity index (χ1n) is 5.85. The van der Waals surface area contributed by atoms with E-state index in [4.69, 9.17) is 21.1 Å². The predicted molar refractivity (Wildman–Crippen MR) is 82.0 cm³/mol. The van der Waals surface area contributed by atoms with Gasteiger partial charge in [0.2, 0.25) is 0 Å². The molecule has 0 unspecified atom stereocenters. The molecule has 5 heteroatoms. The average Bonchev–Trinajstić information content (AvgIpc) is 2.46. The first kappa shape index (κ1) is 14.9. The minimum Gasteiger partial charge on any atom is -0.497 e. The summed E-state index contributed by atoms with van der Waals surface area (Å²) in [4.78, 5) is 12.0. The molecule has 0 saturated heterocycles. The standard InChI is InChI=1S/C15H12BrClO3/c1-19-12-6-7-15(13(16)8-12)20-9-14(18)10-2-4-11(17)5-3-10/h2-8H,9H2,1H3. The van der Waals surface area contributed by atoms with E-state index in [1.807, 2.05) is 0 Å². The maximum Gasteiger partial charge on any atom is 0.200 e. The van der Waals surface area contributed by atoms with E-state index < -0.39 is 0 Å². The van der Waals surface area contributed by atoms with Gasteiger partial charge in [0.25, 0.3) is 0 Å². The van der Waals surface area contributed by atoms with E-state index in [9.17, 15) is 4.79 Å². The molecule has 0 spiro atoms. The van der Waals surface area contributed by atoms with Gasteiger partial charge in [0.1, 0.15) is 11.5 Å². The van der Waals surface area contributed by atoms with Crippen LogP contribution in [0.25, 0.3) is 0 Å². The van der Waals surface area contributed by atoms with E-state index in [1.165, 1.54) is 0 Å². The van der Waals surface area contributed by atoms with Crippen LogP contribution in [0.1, 0.15) is 10.4 Å². The van der Waals surface area contributed by atoms with Crippen molar-refractivity contribution in [3.05, 3.63) is 57.5 Å². The van der Waals surface area contributed by atoms with Crippen LogP contribution in [0.5, 0.6) is 11.5 Å². The van der Waals surface area contributed by atoms with Gasteiger partial charge in [-0.3, -0.25) is 4.79 Å². The summed E-state index contributed by atoms with van der Waals surface area (Å²) in [7, 11) is 1.59. The van der Waals surface area contributed by atoms with Crippen molar-refractivity contribution >= 4 is 33.3 Å². The smallest absolute Gasteiger partial charge is 0.200 e. The number of hydrogen-bond donors (Lipinski definition) is 0. The Kier molecular flexibility index (Phi) is 5.04. The molecular formula is C15H12BrClO3. The zero-order valence-corrected chi connectivity index (χ0v) is 13.1. The summed E-state index contributed by atoms with van der Waals surface area (Å²) in [5.41, 5.74) is 0.569. The highest BCUT2D eigenvalue weighted by molar-refractivity contribution is 9.10. The lowest BCUT2D eigenvalue weighted by molar-refractivity contribution is 0.0921. The maximum absolute atomic E-state index is 12.0. The van der Waals surface area contributed by atoms with Crippen LogP contribution < -0.4 is 9.47 Å². The molecule has 0 fully saturated rings. The lowest BCUT2D eigenvalue weighted by Crippen LogP contribution is -2.11. The topological polar surface area (TPSA) is 35.5 Å². The number of ketones is 1. The number of ether oxygens (including phenoxy) is 2. The van der Waals surface area contributed by atoms with E-state index in [-0.39, 0.29) is 12.4 Å². The van der Waals surface area contributed by atoms with E-state index >= 15 is 0 Å². The van der Waals surface area contributed by atoms with Crippen molar-refractivity contribution in [2.24, 2.45) is 0 Å². The molecule has 2 rings (SSSR count). The number of carbonyl (C=O) groups is 1. The summed E-state index contributed by atoms with van der Waals surface area (Å²) in [5.74, 6) is 1.20. The van der Waals surface area contributed by atoms with E-state index in [2.05, 4.69) is 15.9 Å². The predicted octanol–water partition coefficient (Wildman–Crippen LogP) is 4.37. The van der Waals surface area contributed by atoms with Crippen molar-refractivity contribution in [1.29, 1.82) is 0 Å². The van der Waals surface area contributed by atoms with Gasteiger partial charge in [-0.2, -0.15) is 0 Å². The Balaban J connectivity index is 2.01. The molecule has 0 heterocycles. The number of hydrogen-bond acceptors (Lipinski definition) is 3. The summed E-state index contributed by atoms with van der Waals surface area (Å²) < 4.78 is 11.3. The lowest BCUT2D eigenvalue weighted by atomic mass is 10.1. The van der Waals surface area contributed by atoms with Gasteiger partial charge in [0, 0.05) is 10.6 Å². The van der Waals surface area contributed by atoms with Gasteiger partial charge >= 0.3 is 0 Å². The van der Waals surface area contributed by atoms with Crippen molar-refractivity contribution in [1.82, 2.24) is 0 Å². The van der Waals surface area contributed by atoms with Crippen LogP contribution in [0.3, 0.4) is 0 Å². The molecule has 2 aromatic carbocycles. The summed E-state index contributed by atoms with van der Waals surface area (Å²) in [6.45, 7) is -0.0352. The zero-order chi connectivity index (χ0) is 14.5. The first-order chi connectivity index (χ1) is 9.60. The third kappa shape index (κ3) is 3.74. The third-order valence-corrected chi connectivity index (χ3v) is 3.54. The second-order valence-corrected chi connectivity index (χ2v) is 5.31. The molecule has 0 aliphatic carbocycles. The van der Waals surface area contributed by atoms with Crippen molar-refractivity contribution in [2.75, 3.05) is 13.7 Å². The number of Topliss-reactive ketones (excluding diaryl/α,β-unsaturated/α-hetero) is 1. The number of methoxy groups -OCH3 is 1. The zero-order valence-electron chi connectivity index (χ0n) is 10.7. The van der Waals surface area contributed by atoms with Gasteiger partial charge in [0.15, 0.2) is 12.4 Å². The molecule has 0 N–H and O–H groups in total. The highest BCUT2D eigenvalue weighted by atomic mass is 79.9. The molecular weight excluding hydrogens is 344 g/mol. The normalized spacial score (nSPS) is 10.2. The largest absolute Gasteiger partial charge is 0.497 e. The molecule has 20 heavy (non-hydrogen) atoms. The van der Waals surface area contributed by atoms with Crippen LogP contribution in [0, 0.1) is 0 Å². The Labute approximate surface area is 130 Å². The van der Waals surface area contributed by atoms with Gasteiger partial charge in [-0.25, -0.2) is 0 Å². The summed E-state index contributed by atoms with van der Waals surface area (Å²) in [6.07, 6.45) is 0. The number of halogens is 2. The van der Waals surface area contributed by atoms with Crippen molar-refractivity contribution in [3.63, 3.8) is 0 Å². The van der Waals surface area contributed by atoms with Gasteiger partial charge in [-0.05, 0) is 58.4 Å². The van der Waals surface area contributed by atoms with E-state index in [0.29, 0.717) is 22.1 Å². The molecule has 2 aromatic rings. The van der Waals surface area contributed by atoms with Crippen molar-refractivity contribution in [3.8, 4) is 11.5 Å². The molecule has 104 valence electrons. The van der Waals surface area contributed by atoms with Crippen LogP contribution in [0.4, 0.5) is 0 Å². The minimum atomic E-state index is -0.107. The van der Waals surface area contributed by atoms with Crippen LogP contribution >= 0.6 is 27.5 Å². The Morgan fingerprint density at radius 3 is 2.50 bits per heavy atom. The van der Waals surface area contributed by atoms with Gasteiger partial charge in [-0.1, -0.05) is 11.6 Å². The number of rotatable bonds is 5. The molecule has 0 aliphatic heterocycles. The highest BCUT2D eigenvalue weighted by Gasteiger charge is 2.09. The fraction of sp³-hybridized carbons (Fsp3) is 0.133. The molecule has 0 bridgehead atoms. The fourth-order valence-corrected chi connectivity index (χ4v) is 2.19. The van der Waals surface area contributed by atoms with Crippen LogP contribution in [-0.4, -0.2) is 19.5 Å². The first-order valence-corrected chi connectivity index (χ1v) is 7.02. The summed E-state index contributed by atoms with van der Waals surface area (Å²) in [6, 6.07) is 12.0. The number of benzene rings is 2. The monoisotopic (exact) mass is 354 g/mol. The minimum absolute atomic E-state index is 0.0352. The molecule has 3 nitrogen and oxygen atoms in total. The quantitative estimate of drug-likeness (QED) is 0.747. The summed E-state index contributed by atoms with van der Waals surface area (Å²) >= 11 is 9.15. The Hall–Kier alpha value is -1.52. The molecule has 0 amide bonds. The van der Waals surface area contributed by atoms with E-state index in [1.54, 1.807) is 49.6 Å². The second-order valence-electron chi connectivity index (χ2n) is 4.02. The maximum atomic E-state index is 12.0. The van der Waals surface area contributed by atoms with Crippen LogP contribution in [0.15, 0.2) is 46.9 Å². The molecule has 0 aromatic heterocycles. The fourth-order valence-electron chi connectivity index (χ4n) is 1.59. The van der Waals surface area contributed by atoms with Crippen LogP contribution in [0.2, 0.25) is 5.02 Å². The Bertz CT molecular complexity index is 611. The average molecular weight is 356 g/mol. The molecule has 0 saturated carbocycles. The van der Waals surface area contributed by atoms with E-state index in [0.717, 1.165) is 4.47 Å². The Morgan fingerprint density at radius 2 is 1.90 bits per heavy atom. The third-order valence-electron chi connectivity index (χ3n) is 2.66. The second kappa shape index (κ2) is 6.77.